The maximum Gasteiger partial charge on any atom is 0.408 e. The van der Waals surface area contributed by atoms with E-state index in [2.05, 4.69) is 25.6 Å². The van der Waals surface area contributed by atoms with Crippen LogP contribution >= 0.6 is 11.6 Å². The number of hydrogen-bond acceptors (Lipinski definition) is 9. The fraction of sp³-hybridized carbons (Fsp3) is 0.318. The predicted molar refractivity (Wildman–Crippen MR) is 225 cm³/mol. The Labute approximate surface area is 342 Å². The quantitative estimate of drug-likeness (QED) is 0.162. The van der Waals surface area contributed by atoms with Gasteiger partial charge in [0.1, 0.15) is 22.8 Å². The molecule has 0 bridgehead atoms. The molecule has 4 aromatic heterocycles. The summed E-state index contributed by atoms with van der Waals surface area (Å²) < 4.78 is 38.6. The second kappa shape index (κ2) is 17.7. The third-order valence-corrected chi connectivity index (χ3v) is 8.83. The number of hydrogen-bond donors (Lipinski definition) is 2. The lowest BCUT2D eigenvalue weighted by molar-refractivity contribution is 0.0495. The highest BCUT2D eigenvalue weighted by Crippen LogP contribution is 2.40. The molecule has 2 N–H and O–H groups in total. The highest BCUT2D eigenvalue weighted by atomic mass is 35.5. The summed E-state index contributed by atoms with van der Waals surface area (Å²) in [5.74, 6) is -0.747. The number of halogens is 3. The molecule has 0 aliphatic heterocycles. The number of alkyl carbamates (subject to hydrolysis) is 2. The monoisotopic (exact) mass is 811 g/mol. The van der Waals surface area contributed by atoms with Crippen molar-refractivity contribution in [3.05, 3.63) is 113 Å². The Morgan fingerprint density at radius 1 is 0.672 bits per heavy atom. The average molecular weight is 812 g/mol. The van der Waals surface area contributed by atoms with Gasteiger partial charge < -0.3 is 25.0 Å². The molecule has 2 atom stereocenters. The molecule has 58 heavy (non-hydrogen) atoms. The molecule has 0 spiro atoms. The van der Waals surface area contributed by atoms with Gasteiger partial charge in [0.25, 0.3) is 0 Å². The van der Waals surface area contributed by atoms with Gasteiger partial charge in [0.2, 0.25) is 0 Å². The molecule has 11 nitrogen and oxygen atoms in total. The fourth-order valence-corrected chi connectivity index (χ4v) is 6.51. The van der Waals surface area contributed by atoms with E-state index in [0.717, 1.165) is 11.3 Å². The zero-order valence-corrected chi connectivity index (χ0v) is 35.0. The largest absolute Gasteiger partial charge is 0.444 e. The molecule has 4 heterocycles. The maximum absolute atomic E-state index is 14.1. The zero-order chi connectivity index (χ0) is 42.5. The smallest absolute Gasteiger partial charge is 0.408 e. The molecule has 6 aromatic rings. The molecule has 2 amide bonds. The van der Waals surface area contributed by atoms with E-state index in [0.29, 0.717) is 55.2 Å². The van der Waals surface area contributed by atoms with Gasteiger partial charge in [-0.05, 0) is 116 Å². The Morgan fingerprint density at radius 3 is 1.53 bits per heavy atom. The molecular weight excluding hydrogens is 764 g/mol. The van der Waals surface area contributed by atoms with Crippen LogP contribution in [0, 0.1) is 11.6 Å². The minimum Gasteiger partial charge on any atom is -0.444 e. The van der Waals surface area contributed by atoms with Crippen LogP contribution in [0.4, 0.5) is 24.1 Å². The Bertz CT molecular complexity index is 2420. The summed E-state index contributed by atoms with van der Waals surface area (Å²) >= 11 is 6.65. The second-order valence-corrected chi connectivity index (χ2v) is 16.2. The molecule has 0 aliphatic rings. The lowest BCUT2D eigenvalue weighted by atomic mass is 9.98. The molecule has 0 radical (unpaired) electrons. The molecule has 0 saturated carbocycles. The lowest BCUT2D eigenvalue weighted by Crippen LogP contribution is -2.34. The first kappa shape index (κ1) is 43.2. The molecule has 14 heteroatoms. The van der Waals surface area contributed by atoms with Crippen molar-refractivity contribution in [2.24, 2.45) is 0 Å². The maximum atomic E-state index is 14.1. The molecule has 304 valence electrons. The van der Waals surface area contributed by atoms with Crippen molar-refractivity contribution in [2.45, 2.75) is 78.7 Å². The summed E-state index contributed by atoms with van der Waals surface area (Å²) in [7, 11) is 3.78. The van der Waals surface area contributed by atoms with Crippen LogP contribution in [0.15, 0.2) is 85.2 Å². The number of benzene rings is 2. The van der Waals surface area contributed by atoms with E-state index < -0.39 is 41.3 Å². The van der Waals surface area contributed by atoms with Crippen molar-refractivity contribution in [1.29, 1.82) is 0 Å². The number of fused-ring (bicyclic) bond motifs is 2. The number of pyridine rings is 4. The minimum atomic E-state index is -0.625. The van der Waals surface area contributed by atoms with Gasteiger partial charge in [-0.3, -0.25) is 9.97 Å². The van der Waals surface area contributed by atoms with Crippen molar-refractivity contribution >= 4 is 51.3 Å². The second-order valence-electron chi connectivity index (χ2n) is 15.8. The van der Waals surface area contributed by atoms with Crippen LogP contribution in [0.25, 0.3) is 44.3 Å². The number of aromatic nitrogens is 4. The number of rotatable bonds is 7. The van der Waals surface area contributed by atoms with Crippen LogP contribution in [0.3, 0.4) is 0 Å². The highest BCUT2D eigenvalue weighted by molar-refractivity contribution is 6.38. The molecule has 0 saturated heterocycles. The normalized spacial score (nSPS) is 12.6. The molecule has 0 aliphatic carbocycles. The first-order chi connectivity index (χ1) is 27.2. The summed E-state index contributed by atoms with van der Waals surface area (Å²) in [6, 6.07) is 18.7. The van der Waals surface area contributed by atoms with Crippen molar-refractivity contribution < 1.29 is 27.8 Å². The Balaban J connectivity index is 0.000000221. The van der Waals surface area contributed by atoms with Gasteiger partial charge in [-0.25, -0.2) is 28.3 Å². The first-order valence-corrected chi connectivity index (χ1v) is 19.0. The zero-order valence-electron chi connectivity index (χ0n) is 34.2. The van der Waals surface area contributed by atoms with Gasteiger partial charge in [-0.1, -0.05) is 23.7 Å². The average Bonchev–Trinajstić information content (AvgIpc) is 3.13. The van der Waals surface area contributed by atoms with Gasteiger partial charge in [-0.15, -0.1) is 0 Å². The van der Waals surface area contributed by atoms with Gasteiger partial charge in [0, 0.05) is 48.4 Å². The van der Waals surface area contributed by atoms with Crippen molar-refractivity contribution in [3.63, 3.8) is 0 Å². The number of amides is 2. The summed E-state index contributed by atoms with van der Waals surface area (Å²) in [4.78, 5) is 44.8. The summed E-state index contributed by atoms with van der Waals surface area (Å²) in [5.41, 5.74) is 4.41. The third-order valence-electron chi connectivity index (χ3n) is 8.44. The van der Waals surface area contributed by atoms with E-state index in [1.165, 1.54) is 24.3 Å². The SMILES string of the molecule is CC(NC(=O)OC(C)(C)C)c1nc2ccc(F)cc2c(Cl)c1-c1ccccn1.CC(NC(=O)OC(C)(C)C)c1nc2ccc(F)cc2c(N(C)C)c1-c1ccccn1. The van der Waals surface area contributed by atoms with Gasteiger partial charge in [0.05, 0.1) is 56.6 Å². The fourth-order valence-electron chi connectivity index (χ4n) is 6.17. The van der Waals surface area contributed by atoms with Crippen molar-refractivity contribution in [2.75, 3.05) is 19.0 Å². The van der Waals surface area contributed by atoms with E-state index >= 15 is 0 Å². The van der Waals surface area contributed by atoms with E-state index in [-0.39, 0.29) is 5.82 Å². The van der Waals surface area contributed by atoms with Gasteiger partial charge >= 0.3 is 12.2 Å². The summed E-state index contributed by atoms with van der Waals surface area (Å²) in [6.07, 6.45) is 2.23. The van der Waals surface area contributed by atoms with Crippen molar-refractivity contribution in [1.82, 2.24) is 30.6 Å². The Hall–Kier alpha value is -5.95. The number of nitrogens with zero attached hydrogens (tertiary/aromatic N) is 5. The van der Waals surface area contributed by atoms with Crippen LogP contribution in [-0.2, 0) is 9.47 Å². The van der Waals surface area contributed by atoms with Crippen LogP contribution in [-0.4, -0.2) is 57.4 Å². The van der Waals surface area contributed by atoms with Gasteiger partial charge in [-0.2, -0.15) is 0 Å². The van der Waals surface area contributed by atoms with Crippen molar-refractivity contribution in [3.8, 4) is 22.5 Å². The van der Waals surface area contributed by atoms with Crippen LogP contribution in [0.5, 0.6) is 0 Å². The lowest BCUT2D eigenvalue weighted by Gasteiger charge is -2.26. The van der Waals surface area contributed by atoms with Gasteiger partial charge in [0.15, 0.2) is 0 Å². The number of nitrogens with one attached hydrogen (secondary N) is 2. The van der Waals surface area contributed by atoms with E-state index in [1.807, 2.05) is 71.0 Å². The molecule has 2 aromatic carbocycles. The first-order valence-electron chi connectivity index (χ1n) is 18.6. The number of carbonyl (C=O) groups is 2. The minimum absolute atomic E-state index is 0.330. The van der Waals surface area contributed by atoms with E-state index in [9.17, 15) is 18.4 Å². The van der Waals surface area contributed by atoms with Crippen LogP contribution in [0.1, 0.15) is 78.9 Å². The summed E-state index contributed by atoms with van der Waals surface area (Å²) in [6.45, 7) is 14.4. The third kappa shape index (κ3) is 10.7. The number of carbonyl (C=O) groups excluding carboxylic acids is 2. The number of ether oxygens (including phenoxy) is 2. The summed E-state index contributed by atoms with van der Waals surface area (Å²) in [5, 5.41) is 7.13. The van der Waals surface area contributed by atoms with E-state index in [1.54, 1.807) is 64.4 Å². The van der Waals surface area contributed by atoms with E-state index in [4.69, 9.17) is 26.1 Å². The topological polar surface area (TPSA) is 131 Å². The standard InChI is InChI=1S/C23H27FN4O2.C21H21ClFN3O2/c1-14(26-22(29)30-23(2,3)4)20-19(18-9-7-8-12-25-18)21(28(5)6)16-13-15(24)10-11-17(16)27-20;1-12(25-20(27)28-21(2,3)4)19-17(16-7-5-6-10-24-16)18(22)14-11-13(23)8-9-15(14)26-19/h7-14H,1-6H3,(H,26,29);5-12H,1-4H3,(H,25,27). The molecular formula is C44H48ClF2N7O4. The molecule has 6 rings (SSSR count). The van der Waals surface area contributed by atoms with Crippen LogP contribution < -0.4 is 15.5 Å². The highest BCUT2D eigenvalue weighted by Gasteiger charge is 2.27. The predicted octanol–water partition coefficient (Wildman–Crippen LogP) is 10.8. The Morgan fingerprint density at radius 2 is 1.10 bits per heavy atom. The Kier molecular flexibility index (Phi) is 13.2. The molecule has 0 fully saturated rings. The number of anilines is 1. The molecule has 2 unspecified atom stereocenters. The van der Waals surface area contributed by atoms with Crippen LogP contribution in [0.2, 0.25) is 5.02 Å².